The third-order valence-electron chi connectivity index (χ3n) is 4.36. The summed E-state index contributed by atoms with van der Waals surface area (Å²) in [5.41, 5.74) is 0.328. The van der Waals surface area contributed by atoms with Gasteiger partial charge in [0.1, 0.15) is 5.78 Å². The van der Waals surface area contributed by atoms with Crippen LogP contribution in [-0.2, 0) is 27.2 Å². The fraction of sp³-hybridized carbons (Fsp3) is 0.632. The summed E-state index contributed by atoms with van der Waals surface area (Å²) < 4.78 is 61.1. The van der Waals surface area contributed by atoms with Crippen LogP contribution in [-0.4, -0.2) is 24.7 Å². The molecule has 7 heteroatoms. The summed E-state index contributed by atoms with van der Waals surface area (Å²) in [4.78, 5) is 12.0. The first kappa shape index (κ1) is 22.7. The zero-order chi connectivity index (χ0) is 20.2. The fourth-order valence-corrected chi connectivity index (χ4v) is 3.67. The van der Waals surface area contributed by atoms with Gasteiger partial charge in [0.25, 0.3) is 0 Å². The van der Waals surface area contributed by atoms with E-state index in [1.165, 1.54) is 6.07 Å². The van der Waals surface area contributed by atoms with Crippen molar-refractivity contribution in [2.24, 2.45) is 0 Å². The number of halogens is 3. The highest BCUT2D eigenvalue weighted by molar-refractivity contribution is 7.92. The third-order valence-corrected chi connectivity index (χ3v) is 7.05. The van der Waals surface area contributed by atoms with Crippen molar-refractivity contribution in [2.75, 3.05) is 5.75 Å². The Bertz CT molecular complexity index is 729. The molecule has 1 aromatic rings. The number of rotatable bonds is 8. The molecule has 0 fully saturated rings. The second-order valence-corrected chi connectivity index (χ2v) is 10.5. The average molecular weight is 392 g/mol. The molecule has 0 aliphatic rings. The number of unbranched alkanes of at least 4 members (excludes halogenated alkanes) is 2. The van der Waals surface area contributed by atoms with Gasteiger partial charge in [0.15, 0.2) is 9.84 Å². The fourth-order valence-electron chi connectivity index (χ4n) is 2.47. The lowest BCUT2D eigenvalue weighted by atomic mass is 9.98. The minimum absolute atomic E-state index is 0.0495. The highest BCUT2D eigenvalue weighted by Crippen LogP contribution is 2.30. The van der Waals surface area contributed by atoms with Gasteiger partial charge in [0.2, 0.25) is 0 Å². The van der Waals surface area contributed by atoms with E-state index in [9.17, 15) is 26.4 Å². The maximum Gasteiger partial charge on any atom is 0.416 e. The summed E-state index contributed by atoms with van der Waals surface area (Å²) in [6.45, 7) is 6.56. The van der Waals surface area contributed by atoms with Crippen LogP contribution in [0.5, 0.6) is 0 Å². The smallest absolute Gasteiger partial charge is 0.299 e. The minimum atomic E-state index is -4.39. The molecule has 0 saturated heterocycles. The topological polar surface area (TPSA) is 51.2 Å². The molecule has 0 aliphatic carbocycles. The molecule has 0 N–H and O–H groups in total. The molecule has 0 aliphatic heterocycles. The SMILES string of the molecule is Cc1cc(C(F)(F)F)ccc1CC(=O)CCCCCS(=O)(=O)C(C)(C)C. The molecule has 0 atom stereocenters. The summed E-state index contributed by atoms with van der Waals surface area (Å²) in [5.74, 6) is 0.0504. The molecule has 1 rings (SSSR count). The molecule has 0 bridgehead atoms. The van der Waals surface area contributed by atoms with Gasteiger partial charge in [-0.05, 0) is 63.8 Å². The van der Waals surface area contributed by atoms with Gasteiger partial charge in [-0.25, -0.2) is 8.42 Å². The second kappa shape index (κ2) is 8.55. The lowest BCUT2D eigenvalue weighted by molar-refractivity contribution is -0.137. The van der Waals surface area contributed by atoms with Gasteiger partial charge in [-0.15, -0.1) is 0 Å². The first-order valence-electron chi connectivity index (χ1n) is 8.65. The van der Waals surface area contributed by atoms with E-state index in [0.717, 1.165) is 12.1 Å². The first-order chi connectivity index (χ1) is 11.7. The maximum absolute atomic E-state index is 12.6. The van der Waals surface area contributed by atoms with Crippen LogP contribution in [0.2, 0.25) is 0 Å². The molecule has 0 spiro atoms. The molecule has 0 unspecified atom stereocenters. The van der Waals surface area contributed by atoms with Gasteiger partial charge < -0.3 is 0 Å². The molecule has 0 saturated carbocycles. The van der Waals surface area contributed by atoms with Gasteiger partial charge in [-0.1, -0.05) is 12.5 Å². The zero-order valence-corrected chi connectivity index (χ0v) is 16.6. The number of carbonyl (C=O) groups excluding carboxylic acids is 1. The van der Waals surface area contributed by atoms with Crippen LogP contribution in [0.15, 0.2) is 18.2 Å². The summed E-state index contributed by atoms with van der Waals surface area (Å²) >= 11 is 0. The molecule has 0 heterocycles. The normalized spacial score (nSPS) is 13.0. The van der Waals surface area contributed by atoms with Crippen LogP contribution in [0.4, 0.5) is 13.2 Å². The molecule has 0 amide bonds. The summed E-state index contributed by atoms with van der Waals surface area (Å²) in [5, 5.41) is 0. The number of benzene rings is 1. The Morgan fingerprint density at radius 1 is 1.04 bits per heavy atom. The Morgan fingerprint density at radius 2 is 1.65 bits per heavy atom. The van der Waals surface area contributed by atoms with Crippen LogP contribution in [0.3, 0.4) is 0 Å². The molecule has 0 aromatic heterocycles. The van der Waals surface area contributed by atoms with Gasteiger partial charge in [0, 0.05) is 12.8 Å². The molecule has 26 heavy (non-hydrogen) atoms. The van der Waals surface area contributed by atoms with E-state index in [0.29, 0.717) is 36.8 Å². The van der Waals surface area contributed by atoms with Crippen molar-refractivity contribution in [2.45, 2.75) is 70.7 Å². The minimum Gasteiger partial charge on any atom is -0.299 e. The summed E-state index contributed by atoms with van der Waals surface area (Å²) in [7, 11) is -3.15. The van der Waals surface area contributed by atoms with E-state index in [1.54, 1.807) is 27.7 Å². The molecule has 1 aromatic carbocycles. The molecular formula is C19H27F3O3S. The van der Waals surface area contributed by atoms with E-state index in [4.69, 9.17) is 0 Å². The maximum atomic E-state index is 12.6. The largest absolute Gasteiger partial charge is 0.416 e. The Morgan fingerprint density at radius 3 is 2.15 bits per heavy atom. The molecule has 0 radical (unpaired) electrons. The zero-order valence-electron chi connectivity index (χ0n) is 15.7. The van der Waals surface area contributed by atoms with Gasteiger partial charge >= 0.3 is 6.18 Å². The van der Waals surface area contributed by atoms with Gasteiger partial charge in [0.05, 0.1) is 16.1 Å². The van der Waals surface area contributed by atoms with Gasteiger partial charge in [-0.3, -0.25) is 4.79 Å². The van der Waals surface area contributed by atoms with Crippen molar-refractivity contribution in [1.82, 2.24) is 0 Å². The van der Waals surface area contributed by atoms with Crippen LogP contribution < -0.4 is 0 Å². The highest BCUT2D eigenvalue weighted by Gasteiger charge is 2.30. The first-order valence-corrected chi connectivity index (χ1v) is 10.3. The monoisotopic (exact) mass is 392 g/mol. The Kier molecular flexibility index (Phi) is 7.45. The van der Waals surface area contributed by atoms with E-state index >= 15 is 0 Å². The van der Waals surface area contributed by atoms with E-state index in [2.05, 4.69) is 0 Å². The van der Waals surface area contributed by atoms with E-state index < -0.39 is 26.3 Å². The lowest BCUT2D eigenvalue weighted by Gasteiger charge is -2.18. The van der Waals surface area contributed by atoms with Crippen molar-refractivity contribution in [3.8, 4) is 0 Å². The van der Waals surface area contributed by atoms with Crippen LogP contribution in [0.1, 0.15) is 63.1 Å². The number of hydrogen-bond acceptors (Lipinski definition) is 3. The van der Waals surface area contributed by atoms with Crippen molar-refractivity contribution in [3.63, 3.8) is 0 Å². The number of sulfone groups is 1. The number of ketones is 1. The van der Waals surface area contributed by atoms with Gasteiger partial charge in [-0.2, -0.15) is 13.2 Å². The number of carbonyl (C=O) groups is 1. The standard InChI is InChI=1S/C19H27F3O3S/c1-14-12-16(19(20,21)22)10-9-15(14)13-17(23)8-6-5-7-11-26(24,25)18(2,3)4/h9-10,12H,5-8,11,13H2,1-4H3. The van der Waals surface area contributed by atoms with Crippen molar-refractivity contribution in [1.29, 1.82) is 0 Å². The predicted molar refractivity (Wildman–Crippen MR) is 96.9 cm³/mol. The van der Waals surface area contributed by atoms with E-state index in [1.807, 2.05) is 0 Å². The summed E-state index contributed by atoms with van der Waals surface area (Å²) in [6.07, 6.45) is -2.27. The Balaban J connectivity index is 2.44. The van der Waals surface area contributed by atoms with Crippen molar-refractivity contribution in [3.05, 3.63) is 34.9 Å². The molecule has 148 valence electrons. The summed E-state index contributed by atoms with van der Waals surface area (Å²) in [6, 6.07) is 3.40. The quantitative estimate of drug-likeness (QED) is 0.591. The second-order valence-electron chi connectivity index (χ2n) is 7.60. The van der Waals surface area contributed by atoms with E-state index in [-0.39, 0.29) is 18.0 Å². The van der Waals surface area contributed by atoms with Crippen molar-refractivity contribution < 1.29 is 26.4 Å². The predicted octanol–water partition coefficient (Wildman–Crippen LogP) is 4.90. The number of hydrogen-bond donors (Lipinski definition) is 0. The Hall–Kier alpha value is -1.37. The Labute approximate surface area is 153 Å². The number of aryl methyl sites for hydroxylation is 1. The van der Waals surface area contributed by atoms with Crippen LogP contribution in [0.25, 0.3) is 0 Å². The molecular weight excluding hydrogens is 365 g/mol. The third kappa shape index (κ3) is 6.74. The van der Waals surface area contributed by atoms with Crippen molar-refractivity contribution >= 4 is 15.6 Å². The average Bonchev–Trinajstić information content (AvgIpc) is 2.46. The lowest BCUT2D eigenvalue weighted by Crippen LogP contribution is -2.30. The van der Waals surface area contributed by atoms with Crippen LogP contribution in [0, 0.1) is 6.92 Å². The number of Topliss-reactive ketones (excluding diaryl/α,β-unsaturated/α-hetero) is 1. The molecule has 3 nitrogen and oxygen atoms in total. The highest BCUT2D eigenvalue weighted by atomic mass is 32.2. The number of alkyl halides is 3. The van der Waals surface area contributed by atoms with Crippen LogP contribution >= 0.6 is 0 Å².